The number of amides is 2. The van der Waals surface area contributed by atoms with Crippen molar-refractivity contribution in [2.45, 2.75) is 18.9 Å². The lowest BCUT2D eigenvalue weighted by atomic mass is 10.1. The van der Waals surface area contributed by atoms with Gasteiger partial charge in [0.15, 0.2) is 0 Å². The van der Waals surface area contributed by atoms with Gasteiger partial charge in [-0.3, -0.25) is 0 Å². The van der Waals surface area contributed by atoms with Crippen LogP contribution in [0.1, 0.15) is 12.8 Å². The molecule has 0 spiro atoms. The number of likely N-dealkylation sites (N-methyl/N-ethyl adjacent to an activating group) is 1. The van der Waals surface area contributed by atoms with E-state index in [1.807, 2.05) is 12.1 Å². The lowest BCUT2D eigenvalue weighted by molar-refractivity contribution is 0.221. The van der Waals surface area contributed by atoms with Crippen LogP contribution in [0.25, 0.3) is 0 Å². The van der Waals surface area contributed by atoms with Crippen LogP contribution in [0.2, 0.25) is 0 Å². The predicted octanol–water partition coefficient (Wildman–Crippen LogP) is 1.65. The van der Waals surface area contributed by atoms with Gasteiger partial charge in [-0.05, 0) is 64.3 Å². The quantitative estimate of drug-likeness (QED) is 0.884. The van der Waals surface area contributed by atoms with Crippen molar-refractivity contribution in [2.75, 3.05) is 63.6 Å². The van der Waals surface area contributed by atoms with Crippen molar-refractivity contribution in [1.29, 1.82) is 0 Å². The van der Waals surface area contributed by atoms with Gasteiger partial charge in [-0.1, -0.05) is 0 Å². The molecule has 0 aromatic heterocycles. The number of anilines is 2. The third-order valence-corrected chi connectivity index (χ3v) is 5.05. The molecule has 6 heteroatoms. The molecule has 2 saturated heterocycles. The number of urea groups is 1. The van der Waals surface area contributed by atoms with Gasteiger partial charge >= 0.3 is 6.03 Å². The fraction of sp³-hybridized carbons (Fsp3) is 0.611. The van der Waals surface area contributed by atoms with Crippen molar-refractivity contribution in [3.63, 3.8) is 0 Å². The SMILES string of the molecule is CN1CCC(NC(=O)Nc2ccc(N3CCN(C)CC3)cc2)CC1. The highest BCUT2D eigenvalue weighted by atomic mass is 16.2. The van der Waals surface area contributed by atoms with E-state index in [9.17, 15) is 4.79 Å². The summed E-state index contributed by atoms with van der Waals surface area (Å²) in [7, 11) is 4.28. The molecule has 1 aromatic rings. The number of rotatable bonds is 3. The van der Waals surface area contributed by atoms with Crippen LogP contribution in [0.3, 0.4) is 0 Å². The van der Waals surface area contributed by atoms with E-state index in [1.165, 1.54) is 5.69 Å². The lowest BCUT2D eigenvalue weighted by Gasteiger charge is -2.34. The predicted molar refractivity (Wildman–Crippen MR) is 98.8 cm³/mol. The van der Waals surface area contributed by atoms with E-state index in [1.54, 1.807) is 0 Å². The molecule has 3 rings (SSSR count). The summed E-state index contributed by atoms with van der Waals surface area (Å²) >= 11 is 0. The normalized spacial score (nSPS) is 20.8. The summed E-state index contributed by atoms with van der Waals surface area (Å²) in [6.45, 7) is 6.40. The Kier molecular flexibility index (Phi) is 5.58. The van der Waals surface area contributed by atoms with Gasteiger partial charge in [-0.15, -0.1) is 0 Å². The van der Waals surface area contributed by atoms with Crippen LogP contribution in [-0.4, -0.2) is 75.2 Å². The smallest absolute Gasteiger partial charge is 0.319 e. The summed E-state index contributed by atoms with van der Waals surface area (Å²) in [6.07, 6.45) is 2.04. The Balaban J connectivity index is 1.48. The summed E-state index contributed by atoms with van der Waals surface area (Å²) in [5.41, 5.74) is 2.07. The Morgan fingerprint density at radius 3 is 2.12 bits per heavy atom. The molecular formula is C18H29N5O. The summed E-state index contributed by atoms with van der Waals surface area (Å²) in [5.74, 6) is 0. The molecule has 0 radical (unpaired) electrons. The number of carbonyl (C=O) groups is 1. The van der Waals surface area contributed by atoms with Crippen LogP contribution in [0.4, 0.5) is 16.2 Å². The first kappa shape index (κ1) is 17.0. The number of benzene rings is 1. The third kappa shape index (κ3) is 4.61. The van der Waals surface area contributed by atoms with Gasteiger partial charge in [0.05, 0.1) is 0 Å². The van der Waals surface area contributed by atoms with Crippen molar-refractivity contribution in [2.24, 2.45) is 0 Å². The minimum atomic E-state index is -0.100. The maximum atomic E-state index is 12.1. The zero-order chi connectivity index (χ0) is 16.9. The number of piperidine rings is 1. The van der Waals surface area contributed by atoms with Crippen molar-refractivity contribution in [3.8, 4) is 0 Å². The molecule has 2 aliphatic rings. The number of likely N-dealkylation sites (tertiary alicyclic amines) is 1. The monoisotopic (exact) mass is 331 g/mol. The maximum Gasteiger partial charge on any atom is 0.319 e. The number of nitrogens with zero attached hydrogens (tertiary/aromatic N) is 3. The Hall–Kier alpha value is -1.79. The number of hydrogen-bond acceptors (Lipinski definition) is 4. The van der Waals surface area contributed by atoms with Gasteiger partial charge in [0.25, 0.3) is 0 Å². The van der Waals surface area contributed by atoms with E-state index in [0.29, 0.717) is 0 Å². The van der Waals surface area contributed by atoms with Crippen LogP contribution in [-0.2, 0) is 0 Å². The maximum absolute atomic E-state index is 12.1. The Morgan fingerprint density at radius 2 is 1.50 bits per heavy atom. The van der Waals surface area contributed by atoms with Gasteiger partial charge in [0, 0.05) is 43.6 Å². The lowest BCUT2D eigenvalue weighted by Crippen LogP contribution is -2.45. The number of carbonyl (C=O) groups excluding carboxylic acids is 1. The first-order valence-electron chi connectivity index (χ1n) is 8.90. The zero-order valence-electron chi connectivity index (χ0n) is 14.8. The highest BCUT2D eigenvalue weighted by molar-refractivity contribution is 5.89. The summed E-state index contributed by atoms with van der Waals surface area (Å²) < 4.78 is 0. The van der Waals surface area contributed by atoms with Gasteiger partial charge in [-0.25, -0.2) is 4.79 Å². The third-order valence-electron chi connectivity index (χ3n) is 5.05. The van der Waals surface area contributed by atoms with Crippen LogP contribution in [0.5, 0.6) is 0 Å². The van der Waals surface area contributed by atoms with Crippen molar-refractivity contribution in [1.82, 2.24) is 15.1 Å². The first-order valence-corrected chi connectivity index (χ1v) is 8.90. The molecule has 2 fully saturated rings. The molecule has 2 N–H and O–H groups in total. The average molecular weight is 331 g/mol. The Morgan fingerprint density at radius 1 is 0.917 bits per heavy atom. The fourth-order valence-electron chi connectivity index (χ4n) is 3.33. The topological polar surface area (TPSA) is 50.9 Å². The molecule has 0 aliphatic carbocycles. The van der Waals surface area contributed by atoms with Crippen molar-refractivity contribution < 1.29 is 4.79 Å². The molecule has 132 valence electrons. The minimum Gasteiger partial charge on any atom is -0.369 e. The van der Waals surface area contributed by atoms with E-state index in [2.05, 4.69) is 51.6 Å². The second-order valence-corrected chi connectivity index (χ2v) is 7.01. The largest absolute Gasteiger partial charge is 0.369 e. The van der Waals surface area contributed by atoms with Crippen LogP contribution in [0, 0.1) is 0 Å². The van der Waals surface area contributed by atoms with Crippen molar-refractivity contribution in [3.05, 3.63) is 24.3 Å². The average Bonchev–Trinajstić information content (AvgIpc) is 2.58. The van der Waals surface area contributed by atoms with E-state index in [4.69, 9.17) is 0 Å². The van der Waals surface area contributed by atoms with Gasteiger partial charge < -0.3 is 25.3 Å². The molecule has 24 heavy (non-hydrogen) atoms. The van der Waals surface area contributed by atoms with Gasteiger partial charge in [0.2, 0.25) is 0 Å². The standard InChI is InChI=1S/C18H29N5O/c1-21-9-7-16(8-10-21)20-18(24)19-15-3-5-17(6-4-15)23-13-11-22(2)12-14-23/h3-6,16H,7-14H2,1-2H3,(H2,19,20,24). The van der Waals surface area contributed by atoms with Crippen LogP contribution < -0.4 is 15.5 Å². The van der Waals surface area contributed by atoms with E-state index < -0.39 is 0 Å². The van der Waals surface area contributed by atoms with E-state index in [-0.39, 0.29) is 12.1 Å². The molecule has 0 unspecified atom stereocenters. The molecule has 0 atom stereocenters. The minimum absolute atomic E-state index is 0.100. The van der Waals surface area contributed by atoms with E-state index >= 15 is 0 Å². The first-order chi connectivity index (χ1) is 11.6. The number of nitrogens with one attached hydrogen (secondary N) is 2. The van der Waals surface area contributed by atoms with Crippen molar-refractivity contribution >= 4 is 17.4 Å². The van der Waals surface area contributed by atoms with Crippen LogP contribution >= 0.6 is 0 Å². The summed E-state index contributed by atoms with van der Waals surface area (Å²) in [6, 6.07) is 8.35. The zero-order valence-corrected chi connectivity index (χ0v) is 14.8. The highest BCUT2D eigenvalue weighted by Gasteiger charge is 2.18. The molecular weight excluding hydrogens is 302 g/mol. The van der Waals surface area contributed by atoms with E-state index in [0.717, 1.165) is 57.8 Å². The fourth-order valence-corrected chi connectivity index (χ4v) is 3.33. The number of hydrogen-bond donors (Lipinski definition) is 2. The molecule has 2 amide bonds. The molecule has 2 heterocycles. The second-order valence-electron chi connectivity index (χ2n) is 7.01. The second kappa shape index (κ2) is 7.85. The van der Waals surface area contributed by atoms with Gasteiger partial charge in [0.1, 0.15) is 0 Å². The summed E-state index contributed by atoms with van der Waals surface area (Å²) in [5, 5.41) is 6.03. The Labute approximate surface area is 144 Å². The molecule has 0 bridgehead atoms. The molecule has 0 saturated carbocycles. The molecule has 6 nitrogen and oxygen atoms in total. The molecule has 2 aliphatic heterocycles. The summed E-state index contributed by atoms with van der Waals surface area (Å²) in [4.78, 5) is 19.2. The Bertz CT molecular complexity index is 531. The molecule has 1 aromatic carbocycles. The number of piperazine rings is 1. The van der Waals surface area contributed by atoms with Gasteiger partial charge in [-0.2, -0.15) is 0 Å². The highest BCUT2D eigenvalue weighted by Crippen LogP contribution is 2.19. The van der Waals surface area contributed by atoms with Crippen LogP contribution in [0.15, 0.2) is 24.3 Å².